The van der Waals surface area contributed by atoms with Crippen molar-refractivity contribution in [3.63, 3.8) is 0 Å². The summed E-state index contributed by atoms with van der Waals surface area (Å²) in [5, 5.41) is 17.7. The molecule has 4 aromatic rings. The van der Waals surface area contributed by atoms with Crippen LogP contribution in [0.15, 0.2) is 52.1 Å². The summed E-state index contributed by atoms with van der Waals surface area (Å²) < 4.78 is 0. The molecule has 0 saturated carbocycles. The molecule has 0 saturated heterocycles. The standard InChI is InChI=1S/C19H12N6O3/c20-8-12-13(18(27)23-21)14-15(24-25-19(28)16(14)22-17(12)26)11-6-5-9-3-1-2-4-10(9)7-11/h1-7H,21H2,(H,22,26)(H,23,27)(H,25,28). The zero-order valence-corrected chi connectivity index (χ0v) is 14.2. The number of fused-ring (bicyclic) bond motifs is 2. The van der Waals surface area contributed by atoms with Crippen LogP contribution in [0.25, 0.3) is 32.9 Å². The van der Waals surface area contributed by atoms with Crippen LogP contribution in [0.2, 0.25) is 0 Å². The molecular weight excluding hydrogens is 360 g/mol. The van der Waals surface area contributed by atoms with Crippen LogP contribution in [0.4, 0.5) is 0 Å². The van der Waals surface area contributed by atoms with Gasteiger partial charge in [0.2, 0.25) is 0 Å². The fourth-order valence-electron chi connectivity index (χ4n) is 3.18. The molecule has 9 heteroatoms. The van der Waals surface area contributed by atoms with E-state index in [2.05, 4.69) is 15.2 Å². The van der Waals surface area contributed by atoms with Gasteiger partial charge in [-0.05, 0) is 16.8 Å². The van der Waals surface area contributed by atoms with Crippen molar-refractivity contribution in [1.29, 1.82) is 5.26 Å². The third-order valence-corrected chi connectivity index (χ3v) is 4.44. The number of benzene rings is 2. The molecule has 0 fully saturated rings. The highest BCUT2D eigenvalue weighted by molar-refractivity contribution is 6.12. The number of nitrogen functional groups attached to an aromatic ring is 1. The lowest BCUT2D eigenvalue weighted by Crippen LogP contribution is -2.33. The SMILES string of the molecule is N#Cc1c(C(=O)NN)c2c(-c3ccc4ccccc4c3)n[nH]c(=O)c2[nH]c1=O. The third-order valence-electron chi connectivity index (χ3n) is 4.44. The third kappa shape index (κ3) is 2.53. The Hall–Kier alpha value is -4.29. The Morgan fingerprint density at radius 1 is 1.11 bits per heavy atom. The van der Waals surface area contributed by atoms with Gasteiger partial charge in [0.1, 0.15) is 22.8 Å². The maximum Gasteiger partial charge on any atom is 0.288 e. The van der Waals surface area contributed by atoms with Crippen LogP contribution in [-0.4, -0.2) is 21.1 Å². The number of aromatic nitrogens is 3. The molecule has 0 atom stereocenters. The van der Waals surface area contributed by atoms with Crippen molar-refractivity contribution >= 4 is 27.6 Å². The highest BCUT2D eigenvalue weighted by Gasteiger charge is 2.24. The van der Waals surface area contributed by atoms with Gasteiger partial charge in [-0.25, -0.2) is 10.9 Å². The predicted octanol–water partition coefficient (Wildman–Crippen LogP) is 0.907. The average Bonchev–Trinajstić information content (AvgIpc) is 2.72. The van der Waals surface area contributed by atoms with E-state index >= 15 is 0 Å². The van der Waals surface area contributed by atoms with Gasteiger partial charge in [-0.15, -0.1) is 0 Å². The van der Waals surface area contributed by atoms with Crippen LogP contribution in [0.3, 0.4) is 0 Å². The minimum atomic E-state index is -0.873. The number of nitriles is 1. The van der Waals surface area contributed by atoms with E-state index in [1.165, 1.54) is 0 Å². The molecule has 0 spiro atoms. The van der Waals surface area contributed by atoms with Crippen molar-refractivity contribution in [1.82, 2.24) is 20.6 Å². The second kappa shape index (κ2) is 6.46. The summed E-state index contributed by atoms with van der Waals surface area (Å²) >= 11 is 0. The van der Waals surface area contributed by atoms with Crippen LogP contribution < -0.4 is 22.4 Å². The zero-order valence-electron chi connectivity index (χ0n) is 14.2. The Kier molecular flexibility index (Phi) is 3.95. The number of H-pyrrole nitrogens is 2. The van der Waals surface area contributed by atoms with Gasteiger partial charge in [-0.2, -0.15) is 10.4 Å². The van der Waals surface area contributed by atoms with E-state index in [0.29, 0.717) is 5.56 Å². The molecule has 2 aromatic heterocycles. The molecule has 136 valence electrons. The number of hydrazine groups is 1. The molecule has 0 unspecified atom stereocenters. The van der Waals surface area contributed by atoms with Crippen molar-refractivity contribution in [3.05, 3.63) is 74.3 Å². The Balaban J connectivity index is 2.19. The largest absolute Gasteiger partial charge is 0.316 e. The van der Waals surface area contributed by atoms with Gasteiger partial charge in [0, 0.05) is 10.9 Å². The average molecular weight is 372 g/mol. The monoisotopic (exact) mass is 372 g/mol. The lowest BCUT2D eigenvalue weighted by atomic mass is 9.98. The second-order valence-electron chi connectivity index (χ2n) is 6.00. The van der Waals surface area contributed by atoms with Crippen LogP contribution in [-0.2, 0) is 0 Å². The maximum absolute atomic E-state index is 12.4. The van der Waals surface area contributed by atoms with E-state index in [9.17, 15) is 19.6 Å². The first-order valence-electron chi connectivity index (χ1n) is 8.14. The van der Waals surface area contributed by atoms with Gasteiger partial charge >= 0.3 is 0 Å². The smallest absolute Gasteiger partial charge is 0.288 e. The highest BCUT2D eigenvalue weighted by Crippen LogP contribution is 2.29. The molecule has 4 rings (SSSR count). The summed E-state index contributed by atoms with van der Waals surface area (Å²) in [6.07, 6.45) is 0. The van der Waals surface area contributed by atoms with Gasteiger partial charge in [-0.1, -0.05) is 36.4 Å². The number of carbonyl (C=O) groups excluding carboxylic acids is 1. The van der Waals surface area contributed by atoms with E-state index in [1.54, 1.807) is 12.1 Å². The number of nitrogens with zero attached hydrogens (tertiary/aromatic N) is 2. The number of nitrogens with two attached hydrogens (primary N) is 1. The minimum absolute atomic E-state index is 0.0399. The molecular formula is C19H12N6O3. The van der Waals surface area contributed by atoms with Crippen molar-refractivity contribution in [3.8, 4) is 17.3 Å². The first kappa shape index (κ1) is 17.1. The van der Waals surface area contributed by atoms with Crippen molar-refractivity contribution in [2.45, 2.75) is 0 Å². The molecule has 28 heavy (non-hydrogen) atoms. The van der Waals surface area contributed by atoms with Gasteiger partial charge in [0.25, 0.3) is 17.0 Å². The second-order valence-corrected chi connectivity index (χ2v) is 6.00. The zero-order chi connectivity index (χ0) is 19.8. The number of hydrogen-bond donors (Lipinski definition) is 4. The molecule has 0 radical (unpaired) electrons. The Labute approximate surface area is 156 Å². The predicted molar refractivity (Wildman–Crippen MR) is 102 cm³/mol. The van der Waals surface area contributed by atoms with Gasteiger partial charge in [0.15, 0.2) is 0 Å². The van der Waals surface area contributed by atoms with Crippen LogP contribution in [0, 0.1) is 11.3 Å². The number of rotatable bonds is 2. The van der Waals surface area contributed by atoms with Crippen LogP contribution in [0.1, 0.15) is 15.9 Å². The molecule has 2 heterocycles. The maximum atomic E-state index is 12.4. The fourth-order valence-corrected chi connectivity index (χ4v) is 3.18. The molecule has 9 nitrogen and oxygen atoms in total. The molecule has 0 aliphatic carbocycles. The van der Waals surface area contributed by atoms with Crippen LogP contribution in [0.5, 0.6) is 0 Å². The summed E-state index contributed by atoms with van der Waals surface area (Å²) in [6, 6.07) is 14.8. The topological polar surface area (TPSA) is 158 Å². The van der Waals surface area contributed by atoms with E-state index in [4.69, 9.17) is 5.84 Å². The minimum Gasteiger partial charge on any atom is -0.316 e. The molecule has 0 bridgehead atoms. The quantitative estimate of drug-likeness (QED) is 0.233. The summed E-state index contributed by atoms with van der Waals surface area (Å²) in [7, 11) is 0. The summed E-state index contributed by atoms with van der Waals surface area (Å²) in [6.45, 7) is 0. The number of pyridine rings is 1. The van der Waals surface area contributed by atoms with E-state index in [1.807, 2.05) is 41.8 Å². The number of aromatic amines is 2. The summed E-state index contributed by atoms with van der Waals surface area (Å²) in [5.41, 5.74) is 0.246. The lowest BCUT2D eigenvalue weighted by Gasteiger charge is -2.11. The molecule has 5 N–H and O–H groups in total. The van der Waals surface area contributed by atoms with E-state index in [-0.39, 0.29) is 22.2 Å². The number of nitrogens with one attached hydrogen (secondary N) is 3. The first-order valence-corrected chi connectivity index (χ1v) is 8.14. The van der Waals surface area contributed by atoms with Gasteiger partial charge < -0.3 is 4.98 Å². The molecule has 0 aliphatic rings. The molecule has 0 aliphatic heterocycles. The normalized spacial score (nSPS) is 10.7. The summed E-state index contributed by atoms with van der Waals surface area (Å²) in [5.74, 6) is 4.37. The molecule has 2 aromatic carbocycles. The van der Waals surface area contributed by atoms with Gasteiger partial charge in [-0.3, -0.25) is 19.8 Å². The van der Waals surface area contributed by atoms with Crippen LogP contribution >= 0.6 is 0 Å². The van der Waals surface area contributed by atoms with Gasteiger partial charge in [0.05, 0.1) is 5.56 Å². The van der Waals surface area contributed by atoms with Crippen molar-refractivity contribution < 1.29 is 4.79 Å². The van der Waals surface area contributed by atoms with E-state index < -0.39 is 22.6 Å². The Morgan fingerprint density at radius 3 is 2.57 bits per heavy atom. The number of amides is 1. The lowest BCUT2D eigenvalue weighted by molar-refractivity contribution is 0.0955. The summed E-state index contributed by atoms with van der Waals surface area (Å²) in [4.78, 5) is 39.2. The Bertz CT molecular complexity index is 1430. The molecule has 1 amide bonds. The first-order chi connectivity index (χ1) is 13.5. The van der Waals surface area contributed by atoms with E-state index in [0.717, 1.165) is 10.8 Å². The van der Waals surface area contributed by atoms with Crippen molar-refractivity contribution in [2.24, 2.45) is 5.84 Å². The number of hydrogen-bond acceptors (Lipinski definition) is 6. The highest BCUT2D eigenvalue weighted by atomic mass is 16.2. The number of carbonyl (C=O) groups is 1. The Morgan fingerprint density at radius 2 is 1.86 bits per heavy atom. The fraction of sp³-hybridized carbons (Fsp3) is 0. The van der Waals surface area contributed by atoms with Crippen molar-refractivity contribution in [2.75, 3.05) is 0 Å².